The van der Waals surface area contributed by atoms with Gasteiger partial charge in [0.05, 0.1) is 5.75 Å². The lowest BCUT2D eigenvalue weighted by Crippen LogP contribution is -2.56. The number of aryl methyl sites for hydroxylation is 1. The molecule has 0 saturated carbocycles. The lowest BCUT2D eigenvalue weighted by molar-refractivity contribution is 0.245. The van der Waals surface area contributed by atoms with E-state index in [1.807, 2.05) is 31.4 Å². The first kappa shape index (κ1) is 16.9. The normalized spacial score (nSPS) is 24.9. The summed E-state index contributed by atoms with van der Waals surface area (Å²) in [4.78, 5) is 1.13. The Hall–Kier alpha value is -0.140. The van der Waals surface area contributed by atoms with Gasteiger partial charge in [-0.15, -0.1) is 23.7 Å². The summed E-state index contributed by atoms with van der Waals surface area (Å²) in [5, 5.41) is 5.28. The average molecular weight is 325 g/mol. The van der Waals surface area contributed by atoms with E-state index < -0.39 is 10.0 Å². The summed E-state index contributed by atoms with van der Waals surface area (Å²) in [7, 11) is -3.14. The Morgan fingerprint density at radius 2 is 2.21 bits per heavy atom. The monoisotopic (exact) mass is 324 g/mol. The topological polar surface area (TPSA) is 49.4 Å². The van der Waals surface area contributed by atoms with Crippen LogP contribution < -0.4 is 5.32 Å². The quantitative estimate of drug-likeness (QED) is 0.917. The summed E-state index contributed by atoms with van der Waals surface area (Å²) >= 11 is 1.62. The van der Waals surface area contributed by atoms with Gasteiger partial charge >= 0.3 is 0 Å². The third-order valence-corrected chi connectivity index (χ3v) is 6.13. The number of rotatable bonds is 4. The number of hydrogen-bond donors (Lipinski definition) is 1. The molecule has 2 rings (SSSR count). The molecule has 1 aromatic heterocycles. The van der Waals surface area contributed by atoms with Gasteiger partial charge in [-0.2, -0.15) is 4.31 Å². The summed E-state index contributed by atoms with van der Waals surface area (Å²) in [5.74, 6) is 0.213. The van der Waals surface area contributed by atoms with Crippen molar-refractivity contribution in [3.63, 3.8) is 0 Å². The molecule has 0 bridgehead atoms. The van der Waals surface area contributed by atoms with Crippen LogP contribution in [0.5, 0.6) is 0 Å². The molecule has 0 aromatic carbocycles. The highest BCUT2D eigenvalue weighted by Gasteiger charge is 2.31. The van der Waals surface area contributed by atoms with Crippen LogP contribution in [0, 0.1) is 0 Å². The Morgan fingerprint density at radius 3 is 2.84 bits per heavy atom. The zero-order valence-electron chi connectivity index (χ0n) is 11.2. The van der Waals surface area contributed by atoms with Gasteiger partial charge in [-0.05, 0) is 31.7 Å². The molecule has 0 radical (unpaired) electrons. The summed E-state index contributed by atoms with van der Waals surface area (Å²) in [6, 6.07) is 4.24. The molecule has 1 saturated heterocycles. The third kappa shape index (κ3) is 4.43. The Kier molecular flexibility index (Phi) is 6.26. The smallest absolute Gasteiger partial charge is 0.214 e. The second-order valence-corrected chi connectivity index (χ2v) is 7.95. The maximum absolute atomic E-state index is 12.3. The van der Waals surface area contributed by atoms with Gasteiger partial charge in [0.1, 0.15) is 0 Å². The lowest BCUT2D eigenvalue weighted by Gasteiger charge is -2.36. The van der Waals surface area contributed by atoms with Crippen molar-refractivity contribution in [3.8, 4) is 0 Å². The molecular weight excluding hydrogens is 304 g/mol. The van der Waals surface area contributed by atoms with Gasteiger partial charge in [-0.3, -0.25) is 0 Å². The van der Waals surface area contributed by atoms with Crippen LogP contribution in [0.2, 0.25) is 0 Å². The van der Waals surface area contributed by atoms with Crippen molar-refractivity contribution < 1.29 is 8.42 Å². The second kappa shape index (κ2) is 7.04. The van der Waals surface area contributed by atoms with Crippen molar-refractivity contribution in [2.75, 3.05) is 18.8 Å². The maximum atomic E-state index is 12.3. The molecule has 2 atom stereocenters. The van der Waals surface area contributed by atoms with Crippen LogP contribution in [-0.2, 0) is 16.4 Å². The number of sulfonamides is 1. The maximum Gasteiger partial charge on any atom is 0.214 e. The molecule has 1 aliphatic rings. The van der Waals surface area contributed by atoms with E-state index in [-0.39, 0.29) is 30.2 Å². The number of nitrogens with one attached hydrogen (secondary N) is 1. The van der Waals surface area contributed by atoms with Gasteiger partial charge in [-0.1, -0.05) is 6.07 Å². The number of halogens is 1. The summed E-state index contributed by atoms with van der Waals surface area (Å²) in [6.07, 6.45) is 0.616. The number of hydrogen-bond acceptors (Lipinski definition) is 4. The highest BCUT2D eigenvalue weighted by molar-refractivity contribution is 7.89. The fraction of sp³-hybridized carbons (Fsp3) is 0.667. The molecule has 7 heteroatoms. The molecule has 2 unspecified atom stereocenters. The Bertz CT molecular complexity index is 476. The molecule has 0 aliphatic carbocycles. The highest BCUT2D eigenvalue weighted by Crippen LogP contribution is 2.16. The van der Waals surface area contributed by atoms with Gasteiger partial charge in [0, 0.05) is 30.1 Å². The molecule has 4 nitrogen and oxygen atoms in total. The van der Waals surface area contributed by atoms with E-state index in [9.17, 15) is 8.42 Å². The SMILES string of the molecule is CC1CN(S(=O)(=O)CCc2cccs2)C(C)CN1.Cl. The van der Waals surface area contributed by atoms with Crippen LogP contribution in [0.4, 0.5) is 0 Å². The standard InChI is InChI=1S/C12H20N2O2S2.ClH/c1-10-9-14(11(2)8-13-10)18(15,16)7-5-12-4-3-6-17-12;/h3-4,6,10-11,13H,5,7-9H2,1-2H3;1H. The van der Waals surface area contributed by atoms with E-state index in [0.29, 0.717) is 13.0 Å². The van der Waals surface area contributed by atoms with E-state index in [4.69, 9.17) is 0 Å². The predicted octanol–water partition coefficient (Wildman–Crippen LogP) is 1.72. The number of nitrogens with zero attached hydrogens (tertiary/aromatic N) is 1. The minimum Gasteiger partial charge on any atom is -0.311 e. The van der Waals surface area contributed by atoms with E-state index in [0.717, 1.165) is 11.4 Å². The van der Waals surface area contributed by atoms with Crippen molar-refractivity contribution in [2.24, 2.45) is 0 Å². The first-order valence-corrected chi connectivity index (χ1v) is 8.73. The summed E-state index contributed by atoms with van der Waals surface area (Å²) in [6.45, 7) is 5.29. The third-order valence-electron chi connectivity index (χ3n) is 3.25. The van der Waals surface area contributed by atoms with Crippen LogP contribution in [0.15, 0.2) is 17.5 Å². The Labute approximate surface area is 125 Å². The number of thiophene rings is 1. The predicted molar refractivity (Wildman–Crippen MR) is 82.7 cm³/mol. The van der Waals surface area contributed by atoms with E-state index in [2.05, 4.69) is 5.32 Å². The van der Waals surface area contributed by atoms with Gasteiger partial charge in [-0.25, -0.2) is 8.42 Å². The average Bonchev–Trinajstić information content (AvgIpc) is 2.83. The molecule has 19 heavy (non-hydrogen) atoms. The van der Waals surface area contributed by atoms with Crippen LogP contribution in [0.25, 0.3) is 0 Å². The van der Waals surface area contributed by atoms with Gasteiger partial charge in [0.2, 0.25) is 10.0 Å². The fourth-order valence-electron chi connectivity index (χ4n) is 2.18. The molecule has 1 N–H and O–H groups in total. The van der Waals surface area contributed by atoms with Crippen LogP contribution >= 0.6 is 23.7 Å². The molecule has 2 heterocycles. The minimum absolute atomic E-state index is 0. The zero-order chi connectivity index (χ0) is 13.2. The first-order chi connectivity index (χ1) is 8.49. The summed E-state index contributed by atoms with van der Waals surface area (Å²) < 4.78 is 26.3. The zero-order valence-corrected chi connectivity index (χ0v) is 13.7. The van der Waals surface area contributed by atoms with Crippen molar-refractivity contribution in [3.05, 3.63) is 22.4 Å². The van der Waals surface area contributed by atoms with Gasteiger partial charge in [0.15, 0.2) is 0 Å². The molecule has 1 aliphatic heterocycles. The fourth-order valence-corrected chi connectivity index (χ4v) is 4.80. The van der Waals surface area contributed by atoms with E-state index >= 15 is 0 Å². The van der Waals surface area contributed by atoms with Crippen molar-refractivity contribution in [1.82, 2.24) is 9.62 Å². The van der Waals surface area contributed by atoms with Crippen LogP contribution in [-0.4, -0.2) is 43.6 Å². The molecule has 1 aromatic rings. The summed E-state index contributed by atoms with van der Waals surface area (Å²) in [5.41, 5.74) is 0. The van der Waals surface area contributed by atoms with Gasteiger partial charge in [0.25, 0.3) is 0 Å². The van der Waals surface area contributed by atoms with Gasteiger partial charge < -0.3 is 5.32 Å². The molecule has 0 spiro atoms. The molecule has 0 amide bonds. The Balaban J connectivity index is 0.00000180. The van der Waals surface area contributed by atoms with Crippen LogP contribution in [0.3, 0.4) is 0 Å². The minimum atomic E-state index is -3.14. The van der Waals surface area contributed by atoms with E-state index in [1.54, 1.807) is 15.6 Å². The highest BCUT2D eigenvalue weighted by atomic mass is 35.5. The largest absolute Gasteiger partial charge is 0.311 e. The van der Waals surface area contributed by atoms with Crippen molar-refractivity contribution in [1.29, 1.82) is 0 Å². The second-order valence-electron chi connectivity index (χ2n) is 4.87. The Morgan fingerprint density at radius 1 is 1.47 bits per heavy atom. The lowest BCUT2D eigenvalue weighted by atomic mass is 10.2. The number of piperazine rings is 1. The van der Waals surface area contributed by atoms with Crippen LogP contribution in [0.1, 0.15) is 18.7 Å². The van der Waals surface area contributed by atoms with Crippen molar-refractivity contribution >= 4 is 33.8 Å². The van der Waals surface area contributed by atoms with E-state index in [1.165, 1.54) is 0 Å². The molecule has 110 valence electrons. The first-order valence-electron chi connectivity index (χ1n) is 6.24. The molecule has 1 fully saturated rings. The van der Waals surface area contributed by atoms with Crippen molar-refractivity contribution in [2.45, 2.75) is 32.4 Å². The molecular formula is C12H21ClN2O2S2.